The number of benzene rings is 1. The molecule has 0 atom stereocenters. The van der Waals surface area contributed by atoms with Crippen molar-refractivity contribution in [2.75, 3.05) is 19.6 Å². The number of nitrogens with one attached hydrogen (secondary N) is 1. The maximum atomic E-state index is 12.7. The van der Waals surface area contributed by atoms with Gasteiger partial charge in [-0.05, 0) is 68.0 Å². The van der Waals surface area contributed by atoms with Crippen LogP contribution in [0, 0.1) is 12.8 Å². The van der Waals surface area contributed by atoms with E-state index in [2.05, 4.69) is 62.2 Å². The second-order valence-electron chi connectivity index (χ2n) is 9.44. The van der Waals surface area contributed by atoms with Crippen LogP contribution in [-0.4, -0.2) is 35.4 Å². The molecule has 4 heteroatoms. The molecule has 30 heavy (non-hydrogen) atoms. The molecular weight excluding hydrogens is 370 g/mol. The molecule has 3 rings (SSSR count). The van der Waals surface area contributed by atoms with Gasteiger partial charge in [-0.25, -0.2) is 0 Å². The zero-order valence-corrected chi connectivity index (χ0v) is 19.2. The SMILES string of the molecule is Cc1ccc(C(=O)NCC(C)C)c(C2CCN(Cc3ccc(C(C)C)cc3)CC2)n1. The first-order chi connectivity index (χ1) is 14.3. The van der Waals surface area contributed by atoms with E-state index in [0.717, 1.165) is 49.4 Å². The number of carbonyl (C=O) groups is 1. The van der Waals surface area contributed by atoms with Crippen molar-refractivity contribution in [3.05, 3.63) is 64.5 Å². The quantitative estimate of drug-likeness (QED) is 0.679. The van der Waals surface area contributed by atoms with Crippen molar-refractivity contribution >= 4 is 5.91 Å². The fourth-order valence-electron chi connectivity index (χ4n) is 4.10. The highest BCUT2D eigenvalue weighted by Crippen LogP contribution is 2.30. The molecule has 1 amide bonds. The molecule has 1 aliphatic heterocycles. The second kappa shape index (κ2) is 10.2. The highest BCUT2D eigenvalue weighted by Gasteiger charge is 2.26. The van der Waals surface area contributed by atoms with E-state index in [1.165, 1.54) is 11.1 Å². The van der Waals surface area contributed by atoms with Gasteiger partial charge in [0.2, 0.25) is 0 Å². The number of piperidine rings is 1. The smallest absolute Gasteiger partial charge is 0.253 e. The standard InChI is InChI=1S/C26H37N3O/c1-18(2)16-27-26(30)24-11-6-20(5)28-25(24)23-12-14-29(15-13-23)17-21-7-9-22(10-8-21)19(3)4/h6-11,18-19,23H,12-17H2,1-5H3,(H,27,30). The third-order valence-corrected chi connectivity index (χ3v) is 6.01. The van der Waals surface area contributed by atoms with Crippen LogP contribution in [0.2, 0.25) is 0 Å². The fourth-order valence-corrected chi connectivity index (χ4v) is 4.10. The van der Waals surface area contributed by atoms with Crippen molar-refractivity contribution in [2.45, 2.75) is 65.8 Å². The summed E-state index contributed by atoms with van der Waals surface area (Å²) in [5.41, 5.74) is 5.49. The number of hydrogen-bond acceptors (Lipinski definition) is 3. The number of aromatic nitrogens is 1. The molecule has 1 saturated heterocycles. The van der Waals surface area contributed by atoms with Crippen LogP contribution in [0.3, 0.4) is 0 Å². The number of hydrogen-bond donors (Lipinski definition) is 1. The Balaban J connectivity index is 1.63. The highest BCUT2D eigenvalue weighted by molar-refractivity contribution is 5.95. The zero-order valence-electron chi connectivity index (χ0n) is 19.2. The first kappa shape index (κ1) is 22.5. The van der Waals surface area contributed by atoms with Gasteiger partial charge in [-0.15, -0.1) is 0 Å². The predicted octanol–water partition coefficient (Wildman–Crippen LogP) is 5.28. The van der Waals surface area contributed by atoms with Crippen LogP contribution in [0.5, 0.6) is 0 Å². The molecule has 162 valence electrons. The average molecular weight is 408 g/mol. The summed E-state index contributed by atoms with van der Waals surface area (Å²) in [4.78, 5) is 20.1. The average Bonchev–Trinajstić information content (AvgIpc) is 2.73. The van der Waals surface area contributed by atoms with E-state index >= 15 is 0 Å². The van der Waals surface area contributed by atoms with Gasteiger partial charge in [-0.3, -0.25) is 14.7 Å². The number of rotatable bonds is 7. The minimum atomic E-state index is 0.0128. The van der Waals surface area contributed by atoms with Gasteiger partial charge in [0.25, 0.3) is 5.91 Å². The van der Waals surface area contributed by atoms with E-state index in [0.29, 0.717) is 24.3 Å². The zero-order chi connectivity index (χ0) is 21.7. The van der Waals surface area contributed by atoms with Gasteiger partial charge in [-0.1, -0.05) is 52.0 Å². The third-order valence-electron chi connectivity index (χ3n) is 6.01. The Kier molecular flexibility index (Phi) is 7.65. The molecule has 4 nitrogen and oxygen atoms in total. The second-order valence-corrected chi connectivity index (χ2v) is 9.44. The van der Waals surface area contributed by atoms with Crippen LogP contribution in [-0.2, 0) is 6.54 Å². The summed E-state index contributed by atoms with van der Waals surface area (Å²) in [6.07, 6.45) is 2.09. The van der Waals surface area contributed by atoms with Crippen LogP contribution < -0.4 is 5.32 Å². The van der Waals surface area contributed by atoms with E-state index < -0.39 is 0 Å². The summed E-state index contributed by atoms with van der Waals surface area (Å²) in [7, 11) is 0. The molecule has 0 spiro atoms. The number of amides is 1. The summed E-state index contributed by atoms with van der Waals surface area (Å²) in [5, 5.41) is 3.06. The minimum absolute atomic E-state index is 0.0128. The Hall–Kier alpha value is -2.20. The topological polar surface area (TPSA) is 45.2 Å². The van der Waals surface area contributed by atoms with Gasteiger partial charge in [0.05, 0.1) is 11.3 Å². The lowest BCUT2D eigenvalue weighted by atomic mass is 9.89. The van der Waals surface area contributed by atoms with E-state index in [1.54, 1.807) is 0 Å². The molecule has 2 heterocycles. The van der Waals surface area contributed by atoms with Crippen molar-refractivity contribution in [3.8, 4) is 0 Å². The molecule has 1 fully saturated rings. The molecule has 0 bridgehead atoms. The molecule has 1 aromatic heterocycles. The monoisotopic (exact) mass is 407 g/mol. The summed E-state index contributed by atoms with van der Waals surface area (Å²) >= 11 is 0. The third kappa shape index (κ3) is 5.91. The van der Waals surface area contributed by atoms with Crippen LogP contribution in [0.4, 0.5) is 0 Å². The highest BCUT2D eigenvalue weighted by atomic mass is 16.1. The molecule has 1 aliphatic rings. The molecule has 2 aromatic rings. The van der Waals surface area contributed by atoms with Gasteiger partial charge in [0.15, 0.2) is 0 Å². The van der Waals surface area contributed by atoms with Gasteiger partial charge >= 0.3 is 0 Å². The first-order valence-corrected chi connectivity index (χ1v) is 11.4. The predicted molar refractivity (Wildman–Crippen MR) is 124 cm³/mol. The Morgan fingerprint density at radius 1 is 1.07 bits per heavy atom. The Labute approximate surface area is 182 Å². The Morgan fingerprint density at radius 3 is 2.33 bits per heavy atom. The lowest BCUT2D eigenvalue weighted by Gasteiger charge is -2.32. The Bertz CT molecular complexity index is 834. The van der Waals surface area contributed by atoms with E-state index in [-0.39, 0.29) is 5.91 Å². The maximum absolute atomic E-state index is 12.7. The van der Waals surface area contributed by atoms with Crippen molar-refractivity contribution < 1.29 is 4.79 Å². The summed E-state index contributed by atoms with van der Waals surface area (Å²) < 4.78 is 0. The fraction of sp³-hybridized carbons (Fsp3) is 0.538. The maximum Gasteiger partial charge on any atom is 0.253 e. The lowest BCUT2D eigenvalue weighted by Crippen LogP contribution is -2.34. The number of likely N-dealkylation sites (tertiary alicyclic amines) is 1. The van der Waals surface area contributed by atoms with Gasteiger partial charge in [0, 0.05) is 24.7 Å². The summed E-state index contributed by atoms with van der Waals surface area (Å²) in [6.45, 7) is 14.5. The number of carbonyl (C=O) groups excluding carboxylic acids is 1. The summed E-state index contributed by atoms with van der Waals surface area (Å²) in [6, 6.07) is 12.9. The van der Waals surface area contributed by atoms with Gasteiger partial charge in [-0.2, -0.15) is 0 Å². The molecule has 1 aromatic carbocycles. The summed E-state index contributed by atoms with van der Waals surface area (Å²) in [5.74, 6) is 1.38. The molecule has 0 unspecified atom stereocenters. The van der Waals surface area contributed by atoms with Crippen molar-refractivity contribution in [1.82, 2.24) is 15.2 Å². The number of pyridine rings is 1. The van der Waals surface area contributed by atoms with Crippen LogP contribution in [0.25, 0.3) is 0 Å². The van der Waals surface area contributed by atoms with E-state index in [1.807, 2.05) is 19.1 Å². The minimum Gasteiger partial charge on any atom is -0.352 e. The molecule has 0 aliphatic carbocycles. The van der Waals surface area contributed by atoms with Crippen LogP contribution in [0.1, 0.15) is 85.2 Å². The van der Waals surface area contributed by atoms with Gasteiger partial charge in [0.1, 0.15) is 0 Å². The normalized spacial score (nSPS) is 15.7. The van der Waals surface area contributed by atoms with Crippen LogP contribution in [0.15, 0.2) is 36.4 Å². The largest absolute Gasteiger partial charge is 0.352 e. The van der Waals surface area contributed by atoms with E-state index in [4.69, 9.17) is 4.98 Å². The molecule has 0 saturated carbocycles. The first-order valence-electron chi connectivity index (χ1n) is 11.4. The van der Waals surface area contributed by atoms with Crippen LogP contribution >= 0.6 is 0 Å². The molecule has 0 radical (unpaired) electrons. The van der Waals surface area contributed by atoms with Crippen molar-refractivity contribution in [3.63, 3.8) is 0 Å². The van der Waals surface area contributed by atoms with Gasteiger partial charge < -0.3 is 5.32 Å². The number of aryl methyl sites for hydroxylation is 1. The van der Waals surface area contributed by atoms with Crippen molar-refractivity contribution in [2.24, 2.45) is 5.92 Å². The molecule has 1 N–H and O–H groups in total. The Morgan fingerprint density at radius 2 is 1.73 bits per heavy atom. The van der Waals surface area contributed by atoms with E-state index in [9.17, 15) is 4.79 Å². The number of nitrogens with zero attached hydrogens (tertiary/aromatic N) is 2. The molecular formula is C26H37N3O. The van der Waals surface area contributed by atoms with Crippen molar-refractivity contribution in [1.29, 1.82) is 0 Å². The lowest BCUT2D eigenvalue weighted by molar-refractivity contribution is 0.0946.